The second kappa shape index (κ2) is 8.41. The fourth-order valence-electron chi connectivity index (χ4n) is 4.31. The zero-order chi connectivity index (χ0) is 20.4. The van der Waals surface area contributed by atoms with Gasteiger partial charge in [0.1, 0.15) is 12.4 Å². The van der Waals surface area contributed by atoms with Gasteiger partial charge in [0.05, 0.1) is 12.2 Å². The summed E-state index contributed by atoms with van der Waals surface area (Å²) in [5, 5.41) is 6.50. The maximum atomic E-state index is 12.8. The Morgan fingerprint density at radius 3 is 2.76 bits per heavy atom. The van der Waals surface area contributed by atoms with Crippen LogP contribution in [0.5, 0.6) is 5.75 Å². The third-order valence-electron chi connectivity index (χ3n) is 5.57. The lowest BCUT2D eigenvalue weighted by Gasteiger charge is -2.26. The van der Waals surface area contributed by atoms with Gasteiger partial charge >= 0.3 is 5.97 Å². The molecule has 1 saturated carbocycles. The van der Waals surface area contributed by atoms with Crippen LogP contribution in [0, 0.1) is 11.7 Å². The van der Waals surface area contributed by atoms with E-state index >= 15 is 0 Å². The molecule has 2 aromatic heterocycles. The van der Waals surface area contributed by atoms with Crippen LogP contribution in [0.3, 0.4) is 0 Å². The number of hydrogen-bond acceptors (Lipinski definition) is 5. The van der Waals surface area contributed by atoms with Gasteiger partial charge in [0.15, 0.2) is 5.82 Å². The van der Waals surface area contributed by atoms with Crippen LogP contribution in [0.25, 0.3) is 10.9 Å². The highest BCUT2D eigenvalue weighted by atomic mass is 32.1. The number of fused-ring (bicyclic) bond motifs is 1. The van der Waals surface area contributed by atoms with Crippen LogP contribution in [-0.2, 0) is 11.3 Å². The Balaban J connectivity index is 1.73. The van der Waals surface area contributed by atoms with E-state index in [1.54, 1.807) is 0 Å². The van der Waals surface area contributed by atoms with Crippen LogP contribution < -0.4 is 4.74 Å². The summed E-state index contributed by atoms with van der Waals surface area (Å²) in [6, 6.07) is 6.33. The Hall–Kier alpha value is -2.61. The van der Waals surface area contributed by atoms with E-state index in [1.807, 2.05) is 32.0 Å². The van der Waals surface area contributed by atoms with Crippen molar-refractivity contribution in [3.63, 3.8) is 0 Å². The van der Waals surface area contributed by atoms with E-state index in [1.165, 1.54) is 19.3 Å². The van der Waals surface area contributed by atoms with E-state index in [0.717, 1.165) is 29.4 Å². The molecular weight excluding hydrogens is 388 g/mol. The zero-order valence-electron chi connectivity index (χ0n) is 16.8. The first kappa shape index (κ1) is 19.7. The van der Waals surface area contributed by atoms with Crippen molar-refractivity contribution < 1.29 is 14.3 Å². The normalized spacial score (nSPS) is 15.0. The van der Waals surface area contributed by atoms with E-state index in [9.17, 15) is 4.79 Å². The van der Waals surface area contributed by atoms with Crippen molar-refractivity contribution in [3.05, 3.63) is 40.1 Å². The molecule has 3 aromatic rings. The number of aromatic amines is 2. The number of esters is 1. The summed E-state index contributed by atoms with van der Waals surface area (Å²) in [6.45, 7) is 4.46. The van der Waals surface area contributed by atoms with Gasteiger partial charge in [-0.3, -0.25) is 10.2 Å². The maximum absolute atomic E-state index is 12.8. The Labute approximate surface area is 174 Å². The van der Waals surface area contributed by atoms with Crippen LogP contribution in [0.1, 0.15) is 66.9 Å². The number of hydrogen-bond donors (Lipinski definition) is 2. The molecule has 1 aliphatic carbocycles. The van der Waals surface area contributed by atoms with Crippen LogP contribution >= 0.6 is 12.2 Å². The molecule has 7 nitrogen and oxygen atoms in total. The third-order valence-corrected chi connectivity index (χ3v) is 5.76. The first-order chi connectivity index (χ1) is 14.1. The largest absolute Gasteiger partial charge is 0.486 e. The van der Waals surface area contributed by atoms with E-state index in [2.05, 4.69) is 19.7 Å². The zero-order valence-corrected chi connectivity index (χ0v) is 17.6. The fraction of sp³-hybridized carbons (Fsp3) is 0.476. The van der Waals surface area contributed by atoms with Crippen LogP contribution in [0.4, 0.5) is 0 Å². The molecule has 1 fully saturated rings. The molecule has 0 saturated heterocycles. The number of rotatable bonds is 6. The lowest BCUT2D eigenvalue weighted by atomic mass is 9.95. The minimum Gasteiger partial charge on any atom is -0.486 e. The summed E-state index contributed by atoms with van der Waals surface area (Å²) in [4.78, 5) is 16.9. The monoisotopic (exact) mass is 414 g/mol. The van der Waals surface area contributed by atoms with Crippen molar-refractivity contribution in [2.24, 2.45) is 0 Å². The topological polar surface area (TPSA) is 84.9 Å². The van der Waals surface area contributed by atoms with Crippen LogP contribution in [0.15, 0.2) is 18.2 Å². The van der Waals surface area contributed by atoms with Gasteiger partial charge in [-0.2, -0.15) is 0 Å². The van der Waals surface area contributed by atoms with Gasteiger partial charge in [0.2, 0.25) is 4.77 Å². The summed E-state index contributed by atoms with van der Waals surface area (Å²) in [6.07, 6.45) is 6.02. The van der Waals surface area contributed by atoms with Crippen LogP contribution in [0.2, 0.25) is 0 Å². The van der Waals surface area contributed by atoms with Gasteiger partial charge in [0, 0.05) is 22.6 Å². The lowest BCUT2D eigenvalue weighted by Crippen LogP contribution is -2.15. The summed E-state index contributed by atoms with van der Waals surface area (Å²) < 4.78 is 14.0. The summed E-state index contributed by atoms with van der Waals surface area (Å²) in [7, 11) is 0. The predicted molar refractivity (Wildman–Crippen MR) is 113 cm³/mol. The number of carbonyl (C=O) groups is 1. The quantitative estimate of drug-likeness (QED) is 0.438. The minimum absolute atomic E-state index is 0.260. The molecule has 29 heavy (non-hydrogen) atoms. The van der Waals surface area contributed by atoms with Gasteiger partial charge in [-0.25, -0.2) is 9.78 Å². The second-order valence-electron chi connectivity index (χ2n) is 7.42. The van der Waals surface area contributed by atoms with Crippen molar-refractivity contribution in [2.75, 3.05) is 6.61 Å². The molecule has 0 aliphatic heterocycles. The lowest BCUT2D eigenvalue weighted by molar-refractivity contribution is 0.0527. The van der Waals surface area contributed by atoms with Crippen molar-refractivity contribution >= 4 is 29.1 Å². The second-order valence-corrected chi connectivity index (χ2v) is 7.81. The first-order valence-electron chi connectivity index (χ1n) is 10.2. The Bertz CT molecular complexity index is 1080. The van der Waals surface area contributed by atoms with Gasteiger partial charge in [-0.1, -0.05) is 19.3 Å². The summed E-state index contributed by atoms with van der Waals surface area (Å²) >= 11 is 4.97. The minimum atomic E-state index is -0.280. The van der Waals surface area contributed by atoms with E-state index in [4.69, 9.17) is 21.7 Å². The number of benzene rings is 1. The molecule has 0 radical (unpaired) electrons. The molecule has 2 heterocycles. The third kappa shape index (κ3) is 3.94. The highest BCUT2D eigenvalue weighted by Gasteiger charge is 2.26. The predicted octanol–water partition coefficient (Wildman–Crippen LogP) is 4.99. The first-order valence-corrected chi connectivity index (χ1v) is 10.6. The molecule has 2 N–H and O–H groups in total. The number of nitrogens with one attached hydrogen (secondary N) is 2. The molecule has 8 heteroatoms. The molecule has 0 bridgehead atoms. The molecule has 0 amide bonds. The molecule has 154 valence electrons. The van der Waals surface area contributed by atoms with Crippen LogP contribution in [-0.4, -0.2) is 32.3 Å². The fourth-order valence-corrected chi connectivity index (χ4v) is 4.47. The van der Waals surface area contributed by atoms with Crippen molar-refractivity contribution in [2.45, 2.75) is 58.6 Å². The molecule has 0 unspecified atom stereocenters. The Kier molecular flexibility index (Phi) is 5.71. The smallest absolute Gasteiger partial charge is 0.340 e. The van der Waals surface area contributed by atoms with Gasteiger partial charge in [0.25, 0.3) is 0 Å². The molecule has 1 aliphatic rings. The highest BCUT2D eigenvalue weighted by Crippen LogP contribution is 2.37. The molecule has 0 atom stereocenters. The van der Waals surface area contributed by atoms with E-state index in [-0.39, 0.29) is 12.6 Å². The maximum Gasteiger partial charge on any atom is 0.340 e. The average molecular weight is 415 g/mol. The average Bonchev–Trinajstić information content (AvgIpc) is 3.26. The van der Waals surface area contributed by atoms with Gasteiger partial charge in [-0.15, -0.1) is 0 Å². The van der Waals surface area contributed by atoms with Crippen molar-refractivity contribution in [3.8, 4) is 5.75 Å². The number of nitrogens with zero attached hydrogens (tertiary/aromatic N) is 2. The number of H-pyrrole nitrogens is 2. The Morgan fingerprint density at radius 1 is 1.28 bits per heavy atom. The van der Waals surface area contributed by atoms with Gasteiger partial charge in [-0.05, 0) is 57.1 Å². The number of ether oxygens (including phenoxy) is 2. The van der Waals surface area contributed by atoms with Gasteiger partial charge < -0.3 is 14.0 Å². The summed E-state index contributed by atoms with van der Waals surface area (Å²) in [5.41, 5.74) is 2.67. The molecule has 1 aromatic carbocycles. The van der Waals surface area contributed by atoms with Crippen molar-refractivity contribution in [1.82, 2.24) is 19.7 Å². The van der Waals surface area contributed by atoms with Crippen molar-refractivity contribution in [1.29, 1.82) is 0 Å². The van der Waals surface area contributed by atoms with E-state index in [0.29, 0.717) is 34.6 Å². The summed E-state index contributed by atoms with van der Waals surface area (Å²) in [5.74, 6) is 1.01. The Morgan fingerprint density at radius 2 is 2.07 bits per heavy atom. The van der Waals surface area contributed by atoms with E-state index < -0.39 is 0 Å². The molecular formula is C21H26N4O3S. The SMILES string of the molecule is CCOC(=O)c1c(C)n(C2CCCCC2)c2ccc(OCc3nc(=S)[nH][nH]3)cc12. The number of carbonyl (C=O) groups excluding carboxylic acids is 1. The molecule has 4 rings (SSSR count). The number of aromatic nitrogens is 4. The highest BCUT2D eigenvalue weighted by molar-refractivity contribution is 7.71. The molecule has 0 spiro atoms. The standard InChI is InChI=1S/C21H26N4O3S/c1-3-27-20(26)19-13(2)25(14-7-5-4-6-8-14)17-10-9-15(11-16(17)19)28-12-18-22-21(29)24-23-18/h9-11,14H,3-8,12H2,1-2H3,(H2,22,23,24,29).